The molecule has 2 fully saturated rings. The van der Waals surface area contributed by atoms with E-state index in [0.717, 1.165) is 30.8 Å². The van der Waals surface area contributed by atoms with Gasteiger partial charge in [0.2, 0.25) is 12.3 Å². The monoisotopic (exact) mass is 533 g/mol. The van der Waals surface area contributed by atoms with E-state index in [2.05, 4.69) is 15.1 Å². The molecule has 2 aliphatic rings. The summed E-state index contributed by atoms with van der Waals surface area (Å²) in [6.07, 6.45) is -0.752. The lowest BCUT2D eigenvalue weighted by molar-refractivity contribution is -0.108. The van der Waals surface area contributed by atoms with Crippen LogP contribution in [-0.2, 0) is 16.1 Å². The van der Waals surface area contributed by atoms with Crippen LogP contribution in [0.2, 0.25) is 0 Å². The van der Waals surface area contributed by atoms with Crippen molar-refractivity contribution >= 4 is 17.8 Å². The van der Waals surface area contributed by atoms with Crippen molar-refractivity contribution in [2.75, 3.05) is 43.2 Å². The Morgan fingerprint density at radius 3 is 2.26 bits per heavy atom. The number of rotatable bonds is 9. The van der Waals surface area contributed by atoms with Crippen LogP contribution < -0.4 is 9.80 Å². The average Bonchev–Trinajstić information content (AvgIpc) is 3.38. The number of aromatic nitrogens is 2. The fourth-order valence-corrected chi connectivity index (χ4v) is 4.89. The quantitative estimate of drug-likeness (QED) is 0.298. The van der Waals surface area contributed by atoms with E-state index in [-0.39, 0.29) is 11.9 Å². The van der Waals surface area contributed by atoms with E-state index in [9.17, 15) is 22.4 Å². The topological polar surface area (TPSA) is 74.9 Å². The Kier molecular flexibility index (Phi) is 7.61. The zero-order valence-corrected chi connectivity index (χ0v) is 20.7. The number of likely N-dealkylation sites (tertiary alicyclic amines) is 1. The Balaban J connectivity index is 1.33. The molecular weight excluding hydrogens is 506 g/mol. The molecule has 1 aromatic heterocycles. The lowest BCUT2D eigenvalue weighted by Crippen LogP contribution is -2.54. The second-order valence-electron chi connectivity index (χ2n) is 9.53. The lowest BCUT2D eigenvalue weighted by atomic mass is 10.00. The van der Waals surface area contributed by atoms with Crippen molar-refractivity contribution in [3.8, 4) is 11.5 Å². The van der Waals surface area contributed by atoms with Gasteiger partial charge in [0.25, 0.3) is 5.89 Å². The van der Waals surface area contributed by atoms with Gasteiger partial charge in [-0.3, -0.25) is 9.69 Å². The molecule has 0 radical (unpaired) electrons. The molecule has 2 aliphatic heterocycles. The third-order valence-corrected chi connectivity index (χ3v) is 7.10. The molecule has 5 rings (SSSR count). The normalized spacial score (nSPS) is 17.0. The summed E-state index contributed by atoms with van der Waals surface area (Å²) in [5.41, 5.74) is 1.94. The molecule has 3 aromatic rings. The van der Waals surface area contributed by atoms with Gasteiger partial charge in [-0.15, -0.1) is 10.2 Å². The molecule has 0 atom stereocenters. The second kappa shape index (κ2) is 11.1. The fraction of sp³-hybridized carbons (Fsp3) is 0.423. The summed E-state index contributed by atoms with van der Waals surface area (Å²) in [6, 6.07) is 9.22. The predicted molar refractivity (Wildman–Crippen MR) is 131 cm³/mol. The highest BCUT2D eigenvalue weighted by Crippen LogP contribution is 2.35. The number of nitrogens with zero attached hydrogens (tertiary/aromatic N) is 5. The molecule has 2 saturated heterocycles. The molecule has 12 heteroatoms. The van der Waals surface area contributed by atoms with Crippen molar-refractivity contribution in [1.82, 2.24) is 15.1 Å². The Morgan fingerprint density at radius 1 is 1.05 bits per heavy atom. The minimum absolute atomic E-state index is 0.0272. The number of alkyl halides is 2. The van der Waals surface area contributed by atoms with Crippen molar-refractivity contribution in [1.29, 1.82) is 0 Å². The van der Waals surface area contributed by atoms with E-state index in [4.69, 9.17) is 9.15 Å². The third kappa shape index (κ3) is 5.37. The van der Waals surface area contributed by atoms with Crippen molar-refractivity contribution in [2.24, 2.45) is 0 Å². The summed E-state index contributed by atoms with van der Waals surface area (Å²) in [5, 5.41) is 6.97. The third-order valence-electron chi connectivity index (χ3n) is 7.10. The minimum atomic E-state index is -2.86. The number of hydrogen-bond acceptors (Lipinski definition) is 7. The van der Waals surface area contributed by atoms with Crippen LogP contribution in [0.4, 0.5) is 28.9 Å². The molecule has 0 aliphatic carbocycles. The summed E-state index contributed by atoms with van der Waals surface area (Å²) in [5.74, 6) is -2.82. The highest BCUT2D eigenvalue weighted by Gasteiger charge is 2.33. The van der Waals surface area contributed by atoms with Gasteiger partial charge in [0.1, 0.15) is 0 Å². The zero-order chi connectivity index (χ0) is 26.8. The summed E-state index contributed by atoms with van der Waals surface area (Å²) in [7, 11) is 1.72. The van der Waals surface area contributed by atoms with E-state index in [1.54, 1.807) is 36.2 Å². The zero-order valence-electron chi connectivity index (χ0n) is 20.7. The first-order valence-corrected chi connectivity index (χ1v) is 12.3. The molecule has 8 nitrogen and oxygen atoms in total. The summed E-state index contributed by atoms with van der Waals surface area (Å²) >= 11 is 0. The molecule has 0 bridgehead atoms. The Morgan fingerprint density at radius 2 is 1.71 bits per heavy atom. The largest absolute Gasteiger partial charge is 0.415 e. The van der Waals surface area contributed by atoms with Crippen LogP contribution in [0.1, 0.15) is 30.7 Å². The van der Waals surface area contributed by atoms with E-state index in [1.807, 2.05) is 0 Å². The van der Waals surface area contributed by atoms with Crippen molar-refractivity contribution in [3.05, 3.63) is 59.5 Å². The molecule has 38 heavy (non-hydrogen) atoms. The van der Waals surface area contributed by atoms with Crippen LogP contribution in [0, 0.1) is 11.6 Å². The molecule has 3 heterocycles. The molecule has 0 N–H and O–H groups in total. The Hall–Kier alpha value is -3.51. The maximum absolute atomic E-state index is 14.4. The van der Waals surface area contributed by atoms with Gasteiger partial charge in [-0.25, -0.2) is 8.78 Å². The first-order chi connectivity index (χ1) is 18.3. The number of carbonyl (C=O) groups is 1. The summed E-state index contributed by atoms with van der Waals surface area (Å²) < 4.78 is 64.4. The Bertz CT molecular complexity index is 1260. The molecule has 1 amide bonds. The van der Waals surface area contributed by atoms with Gasteiger partial charge in [-0.1, -0.05) is 12.1 Å². The number of anilines is 2. The molecule has 202 valence electrons. The van der Waals surface area contributed by atoms with E-state index >= 15 is 0 Å². The number of halogens is 4. The Labute approximate surface area is 216 Å². The number of ether oxygens (including phenoxy) is 1. The molecular formula is C26H27F4N5O3. The van der Waals surface area contributed by atoms with Gasteiger partial charge in [0.05, 0.1) is 30.6 Å². The highest BCUT2D eigenvalue weighted by atomic mass is 19.3. The number of benzene rings is 2. The van der Waals surface area contributed by atoms with Gasteiger partial charge in [-0.05, 0) is 30.5 Å². The number of piperidine rings is 1. The maximum atomic E-state index is 14.4. The fourth-order valence-electron chi connectivity index (χ4n) is 4.89. The molecule has 0 spiro atoms. The molecule has 0 saturated carbocycles. The smallest absolute Gasteiger partial charge is 0.314 e. The standard InChI is InChI=1S/C26H27F4N5O3/c1-33(12-16-2-4-17(5-3-16)25-31-32-26(38-25)24(29)30)22-10-20(27)21(28)11-23(22)35(15-36)18-6-8-34(9-7-18)19-13-37-14-19/h2-5,10-11,15,18-19,24H,6-9,12-14H2,1H3. The highest BCUT2D eigenvalue weighted by molar-refractivity contribution is 5.84. The van der Waals surface area contributed by atoms with Gasteiger partial charge >= 0.3 is 6.43 Å². The van der Waals surface area contributed by atoms with Crippen LogP contribution in [0.5, 0.6) is 0 Å². The average molecular weight is 534 g/mol. The van der Waals surface area contributed by atoms with Crippen molar-refractivity contribution in [3.63, 3.8) is 0 Å². The first-order valence-electron chi connectivity index (χ1n) is 12.3. The summed E-state index contributed by atoms with van der Waals surface area (Å²) in [6.45, 7) is 3.32. The number of amides is 1. The number of carbonyl (C=O) groups excluding carboxylic acids is 1. The predicted octanol–water partition coefficient (Wildman–Crippen LogP) is 4.41. The maximum Gasteiger partial charge on any atom is 0.314 e. The van der Waals surface area contributed by atoms with Crippen LogP contribution in [0.15, 0.2) is 40.8 Å². The number of hydrogen-bond donors (Lipinski definition) is 0. The van der Waals surface area contributed by atoms with Gasteiger partial charge in [-0.2, -0.15) is 8.78 Å². The van der Waals surface area contributed by atoms with Gasteiger partial charge in [0, 0.05) is 50.4 Å². The van der Waals surface area contributed by atoms with Crippen LogP contribution in [-0.4, -0.2) is 66.9 Å². The van der Waals surface area contributed by atoms with Crippen molar-refractivity contribution in [2.45, 2.75) is 37.9 Å². The first kappa shape index (κ1) is 26.1. The molecule has 0 unspecified atom stereocenters. The lowest BCUT2D eigenvalue weighted by Gasteiger charge is -2.43. The second-order valence-corrected chi connectivity index (χ2v) is 9.53. The van der Waals surface area contributed by atoms with Crippen molar-refractivity contribution < 1.29 is 31.5 Å². The van der Waals surface area contributed by atoms with E-state index < -0.39 is 24.0 Å². The van der Waals surface area contributed by atoms with Crippen LogP contribution in [0.25, 0.3) is 11.5 Å². The van der Waals surface area contributed by atoms with Crippen LogP contribution >= 0.6 is 0 Å². The summed E-state index contributed by atoms with van der Waals surface area (Å²) in [4.78, 5) is 17.8. The SMILES string of the molecule is CN(Cc1ccc(-c2nnc(C(F)F)o2)cc1)c1cc(F)c(F)cc1N(C=O)C1CCN(C2COC2)CC1. The van der Waals surface area contributed by atoms with E-state index in [1.165, 1.54) is 4.90 Å². The van der Waals surface area contributed by atoms with Crippen LogP contribution in [0.3, 0.4) is 0 Å². The van der Waals surface area contributed by atoms with Gasteiger partial charge in [0.15, 0.2) is 11.6 Å². The van der Waals surface area contributed by atoms with Gasteiger partial charge < -0.3 is 19.0 Å². The molecule has 2 aromatic carbocycles. The minimum Gasteiger partial charge on any atom is -0.415 e. The van der Waals surface area contributed by atoms with E-state index in [0.29, 0.717) is 62.0 Å².